The van der Waals surface area contributed by atoms with Gasteiger partial charge >= 0.3 is 0 Å². The molecule has 3 rings (SSSR count). The summed E-state index contributed by atoms with van der Waals surface area (Å²) in [6.45, 7) is 5.30. The smallest absolute Gasteiger partial charge is 0.119 e. The Morgan fingerprint density at radius 3 is 2.26 bits per heavy atom. The van der Waals surface area contributed by atoms with E-state index in [4.69, 9.17) is 4.74 Å². The van der Waals surface area contributed by atoms with Gasteiger partial charge in [0.2, 0.25) is 0 Å². The summed E-state index contributed by atoms with van der Waals surface area (Å²) in [6, 6.07) is 8.29. The van der Waals surface area contributed by atoms with Crippen molar-refractivity contribution in [2.75, 3.05) is 6.61 Å². The second-order valence-electron chi connectivity index (χ2n) is 8.01. The van der Waals surface area contributed by atoms with Crippen LogP contribution < -0.4 is 4.74 Å². The van der Waals surface area contributed by atoms with Crippen molar-refractivity contribution in [3.8, 4) is 17.0 Å². The molecule has 27 heavy (non-hydrogen) atoms. The van der Waals surface area contributed by atoms with Crippen LogP contribution in [0.2, 0.25) is 0 Å². The standard InChI is InChI=1S/C24H34N2O/c1-3-5-7-19-8-10-20(11-9-19)18-27-23-14-12-21(13-15-23)24-17-25-22(6-4-2)16-26-24/h12-17,19-20H,3-11,18H2,1-2H3/t19-,20-. The van der Waals surface area contributed by atoms with E-state index in [1.54, 1.807) is 0 Å². The zero-order valence-corrected chi connectivity index (χ0v) is 17.0. The lowest BCUT2D eigenvalue weighted by Crippen LogP contribution is -2.20. The van der Waals surface area contributed by atoms with Gasteiger partial charge in [0.25, 0.3) is 0 Å². The summed E-state index contributed by atoms with van der Waals surface area (Å²) < 4.78 is 6.07. The molecule has 1 aromatic heterocycles. The van der Waals surface area contributed by atoms with Gasteiger partial charge in [0.15, 0.2) is 0 Å². The minimum atomic E-state index is 0.722. The van der Waals surface area contributed by atoms with Gasteiger partial charge in [-0.3, -0.25) is 9.97 Å². The number of benzene rings is 1. The predicted octanol–water partition coefficient (Wildman–Crippen LogP) is 6.47. The largest absolute Gasteiger partial charge is 0.493 e. The predicted molar refractivity (Wildman–Crippen MR) is 112 cm³/mol. The first kappa shape index (κ1) is 19.9. The molecule has 3 nitrogen and oxygen atoms in total. The number of hydrogen-bond donors (Lipinski definition) is 0. The van der Waals surface area contributed by atoms with Gasteiger partial charge in [0.05, 0.1) is 24.2 Å². The molecular weight excluding hydrogens is 332 g/mol. The highest BCUT2D eigenvalue weighted by Gasteiger charge is 2.21. The zero-order valence-electron chi connectivity index (χ0n) is 17.0. The average Bonchev–Trinajstić information content (AvgIpc) is 2.73. The number of hydrogen-bond acceptors (Lipinski definition) is 3. The van der Waals surface area contributed by atoms with Gasteiger partial charge in [-0.1, -0.05) is 52.4 Å². The highest BCUT2D eigenvalue weighted by molar-refractivity contribution is 5.58. The molecule has 0 spiro atoms. The maximum Gasteiger partial charge on any atom is 0.119 e. The summed E-state index contributed by atoms with van der Waals surface area (Å²) in [6.07, 6.45) is 15.4. The molecule has 1 aliphatic carbocycles. The fourth-order valence-electron chi connectivity index (χ4n) is 4.00. The second kappa shape index (κ2) is 10.4. The van der Waals surface area contributed by atoms with Crippen LogP contribution in [-0.2, 0) is 6.42 Å². The summed E-state index contributed by atoms with van der Waals surface area (Å²) in [5.74, 6) is 2.65. The lowest BCUT2D eigenvalue weighted by molar-refractivity contribution is 0.178. The van der Waals surface area contributed by atoms with Crippen LogP contribution >= 0.6 is 0 Å². The maximum atomic E-state index is 6.07. The Kier molecular flexibility index (Phi) is 7.67. The van der Waals surface area contributed by atoms with Gasteiger partial charge in [0, 0.05) is 11.8 Å². The summed E-state index contributed by atoms with van der Waals surface area (Å²) in [4.78, 5) is 9.04. The van der Waals surface area contributed by atoms with Gasteiger partial charge in [-0.25, -0.2) is 0 Å². The Balaban J connectivity index is 1.45. The minimum absolute atomic E-state index is 0.722. The van der Waals surface area contributed by atoms with E-state index in [0.717, 1.165) is 54.0 Å². The van der Waals surface area contributed by atoms with Gasteiger partial charge in [-0.05, 0) is 55.4 Å². The lowest BCUT2D eigenvalue weighted by atomic mass is 9.80. The third-order valence-corrected chi connectivity index (χ3v) is 5.78. The van der Waals surface area contributed by atoms with Gasteiger partial charge in [0.1, 0.15) is 5.75 Å². The van der Waals surface area contributed by atoms with Crippen LogP contribution in [0, 0.1) is 11.8 Å². The molecule has 1 aromatic carbocycles. The van der Waals surface area contributed by atoms with Crippen LogP contribution in [0.25, 0.3) is 11.3 Å². The van der Waals surface area contributed by atoms with Gasteiger partial charge in [-0.2, -0.15) is 0 Å². The molecule has 0 aliphatic heterocycles. The van der Waals surface area contributed by atoms with Crippen molar-refractivity contribution in [3.05, 3.63) is 42.4 Å². The first-order chi connectivity index (χ1) is 13.3. The molecule has 0 unspecified atom stereocenters. The van der Waals surface area contributed by atoms with Gasteiger partial charge < -0.3 is 4.74 Å². The minimum Gasteiger partial charge on any atom is -0.493 e. The van der Waals surface area contributed by atoms with E-state index in [2.05, 4.69) is 48.1 Å². The average molecular weight is 367 g/mol. The molecule has 0 atom stereocenters. The molecule has 0 saturated heterocycles. The first-order valence-electron chi connectivity index (χ1n) is 10.8. The highest BCUT2D eigenvalue weighted by Crippen LogP contribution is 2.32. The van der Waals surface area contributed by atoms with Crippen LogP contribution in [0.4, 0.5) is 0 Å². The zero-order chi connectivity index (χ0) is 18.9. The SMILES string of the molecule is CCCC[C@H]1CC[C@H](COc2ccc(-c3cnc(CCC)cn3)cc2)CC1. The molecule has 1 heterocycles. The molecule has 3 heteroatoms. The molecule has 0 amide bonds. The van der Waals surface area contributed by atoms with Crippen molar-refractivity contribution in [1.82, 2.24) is 9.97 Å². The Bertz CT molecular complexity index is 658. The van der Waals surface area contributed by atoms with E-state index in [1.165, 1.54) is 44.9 Å². The molecule has 0 radical (unpaired) electrons. The van der Waals surface area contributed by atoms with E-state index >= 15 is 0 Å². The number of ether oxygens (including phenoxy) is 1. The van der Waals surface area contributed by atoms with E-state index < -0.39 is 0 Å². The highest BCUT2D eigenvalue weighted by atomic mass is 16.5. The number of aromatic nitrogens is 2. The fourth-order valence-corrected chi connectivity index (χ4v) is 4.00. The van der Waals surface area contributed by atoms with Crippen LogP contribution in [0.1, 0.15) is 70.9 Å². The third kappa shape index (κ3) is 6.05. The molecule has 2 aromatic rings. The maximum absolute atomic E-state index is 6.07. The number of aryl methyl sites for hydroxylation is 1. The number of unbranched alkanes of at least 4 members (excludes halogenated alkanes) is 1. The van der Waals surface area contributed by atoms with Crippen molar-refractivity contribution in [2.24, 2.45) is 11.8 Å². The third-order valence-electron chi connectivity index (χ3n) is 5.78. The Labute approximate surface area is 164 Å². The van der Waals surface area contributed by atoms with Crippen LogP contribution in [0.3, 0.4) is 0 Å². The normalized spacial score (nSPS) is 19.8. The van der Waals surface area contributed by atoms with Crippen LogP contribution in [0.5, 0.6) is 5.75 Å². The molecule has 1 aliphatic rings. The molecular formula is C24H34N2O. The molecule has 1 fully saturated rings. The summed E-state index contributed by atoms with van der Waals surface area (Å²) in [5, 5.41) is 0. The number of rotatable bonds is 9. The summed E-state index contributed by atoms with van der Waals surface area (Å²) in [5.41, 5.74) is 3.08. The van der Waals surface area contributed by atoms with Crippen molar-refractivity contribution in [3.63, 3.8) is 0 Å². The van der Waals surface area contributed by atoms with Crippen molar-refractivity contribution in [1.29, 1.82) is 0 Å². The molecule has 1 saturated carbocycles. The van der Waals surface area contributed by atoms with Crippen molar-refractivity contribution < 1.29 is 4.74 Å². The monoisotopic (exact) mass is 366 g/mol. The Morgan fingerprint density at radius 1 is 0.889 bits per heavy atom. The Hall–Kier alpha value is -1.90. The first-order valence-corrected chi connectivity index (χ1v) is 10.8. The van der Waals surface area contributed by atoms with Gasteiger partial charge in [-0.15, -0.1) is 0 Å². The second-order valence-corrected chi connectivity index (χ2v) is 8.01. The van der Waals surface area contributed by atoms with E-state index in [-0.39, 0.29) is 0 Å². The summed E-state index contributed by atoms with van der Waals surface area (Å²) in [7, 11) is 0. The number of nitrogens with zero attached hydrogens (tertiary/aromatic N) is 2. The van der Waals surface area contributed by atoms with Crippen LogP contribution in [0.15, 0.2) is 36.7 Å². The fraction of sp³-hybridized carbons (Fsp3) is 0.583. The quantitative estimate of drug-likeness (QED) is 0.510. The van der Waals surface area contributed by atoms with E-state index in [0.29, 0.717) is 0 Å². The molecule has 0 N–H and O–H groups in total. The van der Waals surface area contributed by atoms with E-state index in [9.17, 15) is 0 Å². The Morgan fingerprint density at radius 2 is 1.63 bits per heavy atom. The molecule has 146 valence electrons. The molecule has 0 bridgehead atoms. The lowest BCUT2D eigenvalue weighted by Gasteiger charge is -2.28. The topological polar surface area (TPSA) is 35.0 Å². The van der Waals surface area contributed by atoms with Crippen molar-refractivity contribution >= 4 is 0 Å². The summed E-state index contributed by atoms with van der Waals surface area (Å²) >= 11 is 0. The van der Waals surface area contributed by atoms with Crippen LogP contribution in [-0.4, -0.2) is 16.6 Å². The van der Waals surface area contributed by atoms with Crippen molar-refractivity contribution in [2.45, 2.75) is 71.6 Å². The van der Waals surface area contributed by atoms with E-state index in [1.807, 2.05) is 12.4 Å².